The van der Waals surface area contributed by atoms with Crippen molar-refractivity contribution >= 4 is 23.5 Å². The Bertz CT molecular complexity index is 1360. The lowest BCUT2D eigenvalue weighted by molar-refractivity contribution is -0.274. The molecule has 1 aliphatic rings. The first kappa shape index (κ1) is 28.5. The predicted octanol–water partition coefficient (Wildman–Crippen LogP) is 5.55. The molecule has 2 aromatic heterocycles. The highest BCUT2D eigenvalue weighted by atomic mass is 19.4. The molecule has 3 aromatic rings. The molecule has 0 spiro atoms. The molecule has 0 radical (unpaired) electrons. The minimum absolute atomic E-state index is 0.00796. The predicted molar refractivity (Wildman–Crippen MR) is 126 cm³/mol. The van der Waals surface area contributed by atoms with Gasteiger partial charge in [0.2, 0.25) is 11.7 Å². The molecule has 1 aliphatic heterocycles. The minimum atomic E-state index is -5.19. The van der Waals surface area contributed by atoms with Gasteiger partial charge in [0, 0.05) is 19.1 Å². The van der Waals surface area contributed by atoms with Crippen LogP contribution < -0.4 is 15.4 Å². The standard InChI is InChI=1S/C24H21F6N5O5/c1-2-38-22(37)35-10-9-14(12-35)32-17-8-7-13(11-31-17)33-20(36)18-19(23(25,26)27)39-21(34-18)15-5-3-4-6-16(15)40-24(28,29)30/h3-8,11,14H,2,9-10,12H2,1H3,(H,31,32)(H,33,36)/t14-/m0/s1. The van der Waals surface area contributed by atoms with E-state index >= 15 is 0 Å². The Balaban J connectivity index is 1.49. The number of hydrogen-bond donors (Lipinski definition) is 2. The number of aromatic nitrogens is 2. The number of carbonyl (C=O) groups excluding carboxylic acids is 2. The second-order valence-corrected chi connectivity index (χ2v) is 8.40. The van der Waals surface area contributed by atoms with Gasteiger partial charge in [0.1, 0.15) is 11.6 Å². The van der Waals surface area contributed by atoms with Gasteiger partial charge in [0.25, 0.3) is 5.91 Å². The monoisotopic (exact) mass is 573 g/mol. The van der Waals surface area contributed by atoms with Crippen molar-refractivity contribution in [2.24, 2.45) is 0 Å². The molecule has 0 saturated carbocycles. The highest BCUT2D eigenvalue weighted by Crippen LogP contribution is 2.39. The summed E-state index contributed by atoms with van der Waals surface area (Å²) in [6, 6.07) is 6.97. The van der Waals surface area contributed by atoms with Crippen LogP contribution in [0, 0.1) is 0 Å². The number of halogens is 6. The third kappa shape index (κ3) is 6.92. The van der Waals surface area contributed by atoms with E-state index in [0.717, 1.165) is 12.1 Å². The molecule has 1 aromatic carbocycles. The van der Waals surface area contributed by atoms with Crippen LogP contribution in [-0.2, 0) is 10.9 Å². The van der Waals surface area contributed by atoms with Crippen LogP contribution in [-0.4, -0.2) is 59.0 Å². The van der Waals surface area contributed by atoms with Gasteiger partial charge in [-0.15, -0.1) is 13.2 Å². The summed E-state index contributed by atoms with van der Waals surface area (Å²) in [5.41, 5.74) is -1.74. The number of rotatable bonds is 7. The van der Waals surface area contributed by atoms with Crippen molar-refractivity contribution < 1.29 is 49.8 Å². The largest absolute Gasteiger partial charge is 0.573 e. The molecule has 0 unspecified atom stereocenters. The number of nitrogens with zero attached hydrogens (tertiary/aromatic N) is 3. The van der Waals surface area contributed by atoms with Crippen LogP contribution >= 0.6 is 0 Å². The smallest absolute Gasteiger partial charge is 0.450 e. The third-order valence-electron chi connectivity index (χ3n) is 5.53. The molecule has 1 fully saturated rings. The van der Waals surface area contributed by atoms with Crippen LogP contribution in [0.2, 0.25) is 0 Å². The molecule has 16 heteroatoms. The first-order valence-corrected chi connectivity index (χ1v) is 11.7. The molecular formula is C24H21F6N5O5. The average Bonchev–Trinajstić information content (AvgIpc) is 3.53. The second-order valence-electron chi connectivity index (χ2n) is 8.40. The number of oxazole rings is 1. The Labute approximate surface area is 222 Å². The number of ether oxygens (including phenoxy) is 2. The number of para-hydroxylation sites is 1. The molecule has 214 valence electrons. The van der Waals surface area contributed by atoms with E-state index in [4.69, 9.17) is 9.15 Å². The number of amides is 2. The van der Waals surface area contributed by atoms with E-state index in [1.165, 1.54) is 35.4 Å². The fourth-order valence-corrected chi connectivity index (χ4v) is 3.85. The number of alkyl halides is 6. The van der Waals surface area contributed by atoms with Crippen LogP contribution in [0.4, 0.5) is 42.6 Å². The molecule has 2 N–H and O–H groups in total. The molecule has 10 nitrogen and oxygen atoms in total. The van der Waals surface area contributed by atoms with Crippen LogP contribution in [0.1, 0.15) is 29.6 Å². The quantitative estimate of drug-likeness (QED) is 0.354. The van der Waals surface area contributed by atoms with E-state index in [9.17, 15) is 35.9 Å². The summed E-state index contributed by atoms with van der Waals surface area (Å²) >= 11 is 0. The molecule has 1 atom stereocenters. The number of pyridine rings is 1. The number of anilines is 2. The lowest BCUT2D eigenvalue weighted by Gasteiger charge is -2.16. The van der Waals surface area contributed by atoms with E-state index in [0.29, 0.717) is 25.3 Å². The van der Waals surface area contributed by atoms with Gasteiger partial charge < -0.3 is 29.4 Å². The zero-order valence-electron chi connectivity index (χ0n) is 20.6. The van der Waals surface area contributed by atoms with Crippen LogP contribution in [0.25, 0.3) is 11.5 Å². The van der Waals surface area contributed by atoms with Gasteiger partial charge in [-0.3, -0.25) is 4.79 Å². The molecule has 0 aliphatic carbocycles. The third-order valence-corrected chi connectivity index (χ3v) is 5.53. The minimum Gasteiger partial charge on any atom is -0.450 e. The summed E-state index contributed by atoms with van der Waals surface area (Å²) in [6.45, 7) is 2.82. The van der Waals surface area contributed by atoms with Gasteiger partial charge in [-0.1, -0.05) is 12.1 Å². The van der Waals surface area contributed by atoms with Crippen molar-refractivity contribution in [2.45, 2.75) is 31.9 Å². The summed E-state index contributed by atoms with van der Waals surface area (Å²) in [6.07, 6.45) is -8.95. The fourth-order valence-electron chi connectivity index (χ4n) is 3.85. The summed E-state index contributed by atoms with van der Waals surface area (Å²) in [4.78, 5) is 33.7. The second kappa shape index (κ2) is 11.3. The Morgan fingerprint density at radius 3 is 2.52 bits per heavy atom. The Hall–Kier alpha value is -4.50. The Kier molecular flexibility index (Phi) is 8.06. The maximum absolute atomic E-state index is 13.6. The maximum atomic E-state index is 13.6. The van der Waals surface area contributed by atoms with Crippen molar-refractivity contribution in [3.05, 3.63) is 54.0 Å². The zero-order valence-corrected chi connectivity index (χ0v) is 20.6. The van der Waals surface area contributed by atoms with Gasteiger partial charge >= 0.3 is 18.6 Å². The number of carbonyl (C=O) groups is 2. The van der Waals surface area contributed by atoms with Gasteiger partial charge in [0.15, 0.2) is 5.69 Å². The van der Waals surface area contributed by atoms with Crippen LogP contribution in [0.15, 0.2) is 47.0 Å². The molecule has 3 heterocycles. The van der Waals surface area contributed by atoms with Crippen molar-refractivity contribution in [3.8, 4) is 17.2 Å². The molecule has 40 heavy (non-hydrogen) atoms. The first-order chi connectivity index (χ1) is 18.8. The maximum Gasteiger partial charge on any atom is 0.573 e. The van der Waals surface area contributed by atoms with Gasteiger partial charge in [-0.05, 0) is 37.6 Å². The summed E-state index contributed by atoms with van der Waals surface area (Å²) in [5.74, 6) is -4.52. The lowest BCUT2D eigenvalue weighted by Crippen LogP contribution is -2.32. The number of likely N-dealkylation sites (tertiary alicyclic amines) is 1. The number of hydrogen-bond acceptors (Lipinski definition) is 8. The zero-order chi connectivity index (χ0) is 29.1. The Morgan fingerprint density at radius 2 is 1.88 bits per heavy atom. The van der Waals surface area contributed by atoms with E-state index in [1.54, 1.807) is 6.92 Å². The molecule has 0 bridgehead atoms. The molecule has 2 amide bonds. The van der Waals surface area contributed by atoms with Crippen LogP contribution in [0.3, 0.4) is 0 Å². The lowest BCUT2D eigenvalue weighted by atomic mass is 10.2. The summed E-state index contributed by atoms with van der Waals surface area (Å²) in [5, 5.41) is 5.32. The number of benzene rings is 1. The van der Waals surface area contributed by atoms with E-state index in [-0.39, 0.29) is 18.3 Å². The van der Waals surface area contributed by atoms with Crippen molar-refractivity contribution in [2.75, 3.05) is 30.3 Å². The normalized spacial score (nSPS) is 15.6. The SMILES string of the molecule is CCOC(=O)N1CC[C@H](Nc2ccc(NC(=O)c3nc(-c4ccccc4OC(F)(F)F)oc3C(F)(F)F)cn2)C1. The highest BCUT2D eigenvalue weighted by molar-refractivity contribution is 6.04. The molecule has 1 saturated heterocycles. The summed E-state index contributed by atoms with van der Waals surface area (Å²) < 4.78 is 92.7. The topological polar surface area (TPSA) is 119 Å². The average molecular weight is 573 g/mol. The van der Waals surface area contributed by atoms with E-state index < -0.39 is 53.2 Å². The van der Waals surface area contributed by atoms with E-state index in [1.807, 2.05) is 0 Å². The van der Waals surface area contributed by atoms with Gasteiger partial charge in [-0.2, -0.15) is 13.2 Å². The van der Waals surface area contributed by atoms with Crippen molar-refractivity contribution in [3.63, 3.8) is 0 Å². The van der Waals surface area contributed by atoms with Crippen LogP contribution in [0.5, 0.6) is 5.75 Å². The molecular weight excluding hydrogens is 552 g/mol. The fraction of sp³-hybridized carbons (Fsp3) is 0.333. The Morgan fingerprint density at radius 1 is 1.12 bits per heavy atom. The van der Waals surface area contributed by atoms with Gasteiger partial charge in [-0.25, -0.2) is 14.8 Å². The van der Waals surface area contributed by atoms with Crippen molar-refractivity contribution in [1.29, 1.82) is 0 Å². The summed E-state index contributed by atoms with van der Waals surface area (Å²) in [7, 11) is 0. The van der Waals surface area contributed by atoms with Crippen molar-refractivity contribution in [1.82, 2.24) is 14.9 Å². The number of nitrogens with one attached hydrogen (secondary N) is 2. The van der Waals surface area contributed by atoms with Gasteiger partial charge in [0.05, 0.1) is 24.1 Å². The highest BCUT2D eigenvalue weighted by Gasteiger charge is 2.42. The first-order valence-electron chi connectivity index (χ1n) is 11.7. The molecule has 4 rings (SSSR count). The van der Waals surface area contributed by atoms with E-state index in [2.05, 4.69) is 25.3 Å².